The normalized spacial score (nSPS) is 23.3. The molecule has 0 radical (unpaired) electrons. The number of aromatic amines is 1. The molecule has 1 unspecified atom stereocenters. The Bertz CT molecular complexity index is 1320. The Labute approximate surface area is 225 Å². The van der Waals surface area contributed by atoms with Gasteiger partial charge in [-0.25, -0.2) is 13.2 Å². The van der Waals surface area contributed by atoms with Gasteiger partial charge < -0.3 is 19.8 Å². The van der Waals surface area contributed by atoms with Gasteiger partial charge in [-0.15, -0.1) is 0 Å². The summed E-state index contributed by atoms with van der Waals surface area (Å²) in [6, 6.07) is 9.97. The largest absolute Gasteiger partial charge is 0.462 e. The molecule has 2 fully saturated rings. The SMILES string of the molecule is C[C@@H]1Cc2c([nH]c3ccc(F)cc23)C(c2ccc(NC3CN(CCCF)C3)cc2OCF)N1CC1(F)COC1. The number of hydrogen-bond donors (Lipinski definition) is 2. The molecule has 39 heavy (non-hydrogen) atoms. The summed E-state index contributed by atoms with van der Waals surface area (Å²) in [5.74, 6) is 0.0511. The summed E-state index contributed by atoms with van der Waals surface area (Å²) in [4.78, 5) is 7.73. The third kappa shape index (κ3) is 5.10. The third-order valence-corrected chi connectivity index (χ3v) is 8.21. The van der Waals surface area contributed by atoms with E-state index < -0.39 is 18.6 Å². The molecule has 2 aromatic carbocycles. The minimum absolute atomic E-state index is 0.0359. The first-order chi connectivity index (χ1) is 18.9. The van der Waals surface area contributed by atoms with Crippen LogP contribution in [0.3, 0.4) is 0 Å². The number of aromatic nitrogens is 1. The van der Waals surface area contributed by atoms with Crippen molar-refractivity contribution in [2.24, 2.45) is 0 Å². The average Bonchev–Trinajstić information content (AvgIpc) is 3.22. The second kappa shape index (κ2) is 10.6. The van der Waals surface area contributed by atoms with Gasteiger partial charge in [0.05, 0.1) is 32.0 Å². The Hall–Kier alpha value is -2.82. The first kappa shape index (κ1) is 26.4. The van der Waals surface area contributed by atoms with Crippen molar-refractivity contribution in [1.29, 1.82) is 0 Å². The number of H-pyrrole nitrogens is 1. The fourth-order valence-electron chi connectivity index (χ4n) is 6.25. The van der Waals surface area contributed by atoms with Crippen molar-refractivity contribution in [3.05, 3.63) is 59.0 Å². The monoisotopic (exact) mass is 546 g/mol. The van der Waals surface area contributed by atoms with Gasteiger partial charge in [-0.3, -0.25) is 14.2 Å². The number of fused-ring (bicyclic) bond motifs is 3. The van der Waals surface area contributed by atoms with Gasteiger partial charge in [-0.05, 0) is 49.6 Å². The molecule has 1 aromatic heterocycles. The highest BCUT2D eigenvalue weighted by Gasteiger charge is 2.46. The lowest BCUT2D eigenvalue weighted by molar-refractivity contribution is -0.147. The number of benzene rings is 2. The quantitative estimate of drug-likeness (QED) is 0.345. The summed E-state index contributed by atoms with van der Waals surface area (Å²) in [7, 11) is 0. The summed E-state index contributed by atoms with van der Waals surface area (Å²) < 4.78 is 66.5. The van der Waals surface area contributed by atoms with Gasteiger partial charge in [0.15, 0.2) is 5.67 Å². The van der Waals surface area contributed by atoms with Crippen molar-refractivity contribution in [1.82, 2.24) is 14.8 Å². The smallest absolute Gasteiger partial charge is 0.228 e. The van der Waals surface area contributed by atoms with E-state index in [9.17, 15) is 13.2 Å². The van der Waals surface area contributed by atoms with E-state index in [4.69, 9.17) is 9.47 Å². The molecular formula is C29H34F4N4O2. The van der Waals surface area contributed by atoms with Crippen molar-refractivity contribution in [2.45, 2.75) is 43.6 Å². The fraction of sp³-hybridized carbons (Fsp3) is 0.517. The van der Waals surface area contributed by atoms with Crippen LogP contribution in [0.4, 0.5) is 23.2 Å². The van der Waals surface area contributed by atoms with Crippen LogP contribution in [0.1, 0.15) is 36.2 Å². The standard InChI is InChI=1S/C29H34F4N4O2/c1-18-9-24-23-10-19(32)3-6-25(23)35-27(24)28(37(18)14-29(33)15-38-16-29)22-5-4-20(11-26(22)39-17-31)34-21-12-36(13-21)8-2-7-30/h3-6,10-11,18,21,28,34-35H,2,7-9,12-17H2,1H3/t18-,28?/m1/s1. The molecule has 2 saturated heterocycles. The van der Waals surface area contributed by atoms with Gasteiger partial charge in [0.1, 0.15) is 11.6 Å². The van der Waals surface area contributed by atoms with Gasteiger partial charge >= 0.3 is 0 Å². The molecule has 0 bridgehead atoms. The maximum absolute atomic E-state index is 15.4. The topological polar surface area (TPSA) is 52.8 Å². The van der Waals surface area contributed by atoms with E-state index in [0.717, 1.165) is 47.5 Å². The molecule has 2 N–H and O–H groups in total. The van der Waals surface area contributed by atoms with Gasteiger partial charge in [0, 0.05) is 66.1 Å². The fourth-order valence-corrected chi connectivity index (χ4v) is 6.25. The Balaban J connectivity index is 1.36. The lowest BCUT2D eigenvalue weighted by Gasteiger charge is -2.46. The average molecular weight is 547 g/mol. The van der Waals surface area contributed by atoms with Crippen LogP contribution in [-0.4, -0.2) is 85.5 Å². The van der Waals surface area contributed by atoms with Gasteiger partial charge in [-0.1, -0.05) is 6.07 Å². The van der Waals surface area contributed by atoms with E-state index in [1.54, 1.807) is 12.1 Å². The second-order valence-corrected chi connectivity index (χ2v) is 11.1. The Kier molecular flexibility index (Phi) is 7.20. The van der Waals surface area contributed by atoms with Crippen LogP contribution in [0.5, 0.6) is 5.75 Å². The van der Waals surface area contributed by atoms with Crippen LogP contribution in [0, 0.1) is 5.82 Å². The molecule has 0 aliphatic carbocycles. The van der Waals surface area contributed by atoms with Gasteiger partial charge in [0.25, 0.3) is 0 Å². The zero-order valence-corrected chi connectivity index (χ0v) is 22.0. The van der Waals surface area contributed by atoms with Crippen molar-refractivity contribution < 1.29 is 27.0 Å². The second-order valence-electron chi connectivity index (χ2n) is 11.1. The van der Waals surface area contributed by atoms with Gasteiger partial charge in [0.2, 0.25) is 6.86 Å². The number of ether oxygens (including phenoxy) is 2. The minimum Gasteiger partial charge on any atom is -0.462 e. The van der Waals surface area contributed by atoms with E-state index in [1.807, 2.05) is 19.1 Å². The minimum atomic E-state index is -1.47. The molecule has 3 aliphatic rings. The number of nitrogens with zero attached hydrogens (tertiary/aromatic N) is 2. The molecule has 3 aromatic rings. The Morgan fingerprint density at radius 3 is 2.69 bits per heavy atom. The number of hydrogen-bond acceptors (Lipinski definition) is 5. The molecule has 6 rings (SSSR count). The van der Waals surface area contributed by atoms with Crippen molar-refractivity contribution >= 4 is 16.6 Å². The highest BCUT2D eigenvalue weighted by Crippen LogP contribution is 2.45. The molecule has 0 amide bonds. The highest BCUT2D eigenvalue weighted by atomic mass is 19.1. The first-order valence-electron chi connectivity index (χ1n) is 13.6. The van der Waals surface area contributed by atoms with E-state index in [1.165, 1.54) is 12.1 Å². The lowest BCUT2D eigenvalue weighted by Crippen LogP contribution is -2.57. The summed E-state index contributed by atoms with van der Waals surface area (Å²) in [6.45, 7) is 3.28. The molecular weight excluding hydrogens is 512 g/mol. The number of halogens is 4. The van der Waals surface area contributed by atoms with E-state index in [-0.39, 0.29) is 44.3 Å². The number of likely N-dealkylation sites (tertiary alicyclic amines) is 1. The van der Waals surface area contributed by atoms with E-state index >= 15 is 4.39 Å². The zero-order chi connectivity index (χ0) is 27.1. The predicted molar refractivity (Wildman–Crippen MR) is 142 cm³/mol. The van der Waals surface area contributed by atoms with E-state index in [0.29, 0.717) is 24.2 Å². The van der Waals surface area contributed by atoms with Crippen LogP contribution < -0.4 is 10.1 Å². The summed E-state index contributed by atoms with van der Waals surface area (Å²) >= 11 is 0. The van der Waals surface area contributed by atoms with Crippen molar-refractivity contribution in [3.63, 3.8) is 0 Å². The Morgan fingerprint density at radius 2 is 1.97 bits per heavy atom. The molecule has 10 heteroatoms. The summed E-state index contributed by atoms with van der Waals surface area (Å²) in [5.41, 5.74) is 2.65. The Morgan fingerprint density at radius 1 is 1.15 bits per heavy atom. The third-order valence-electron chi connectivity index (χ3n) is 8.21. The maximum Gasteiger partial charge on any atom is 0.228 e. The molecule has 210 valence electrons. The van der Waals surface area contributed by atoms with Crippen LogP contribution in [0.25, 0.3) is 10.9 Å². The number of rotatable bonds is 10. The predicted octanol–water partition coefficient (Wildman–Crippen LogP) is 5.14. The first-order valence-corrected chi connectivity index (χ1v) is 13.6. The molecule has 6 nitrogen and oxygen atoms in total. The molecule has 3 aliphatic heterocycles. The van der Waals surface area contributed by atoms with Crippen LogP contribution >= 0.6 is 0 Å². The van der Waals surface area contributed by atoms with Crippen molar-refractivity contribution in [3.8, 4) is 5.75 Å². The highest BCUT2D eigenvalue weighted by molar-refractivity contribution is 5.85. The lowest BCUT2D eigenvalue weighted by atomic mass is 9.86. The van der Waals surface area contributed by atoms with Crippen LogP contribution in [-0.2, 0) is 11.2 Å². The maximum atomic E-state index is 15.4. The van der Waals surface area contributed by atoms with E-state index in [2.05, 4.69) is 20.1 Å². The molecule has 4 heterocycles. The number of alkyl halides is 3. The molecule has 0 saturated carbocycles. The molecule has 0 spiro atoms. The van der Waals surface area contributed by atoms with Crippen LogP contribution in [0.2, 0.25) is 0 Å². The molecule has 2 atom stereocenters. The zero-order valence-electron chi connectivity index (χ0n) is 22.0. The number of anilines is 1. The summed E-state index contributed by atoms with van der Waals surface area (Å²) in [5, 5.41) is 4.26. The summed E-state index contributed by atoms with van der Waals surface area (Å²) in [6.07, 6.45) is 1.15. The van der Waals surface area contributed by atoms with Gasteiger partial charge in [-0.2, -0.15) is 0 Å². The van der Waals surface area contributed by atoms with Crippen molar-refractivity contribution in [2.75, 3.05) is 58.2 Å². The van der Waals surface area contributed by atoms with Crippen LogP contribution in [0.15, 0.2) is 36.4 Å². The number of nitrogens with one attached hydrogen (secondary N) is 2.